The number of hydrogen-bond acceptors (Lipinski definition) is 4. The van der Waals surface area contributed by atoms with E-state index in [1.165, 1.54) is 6.26 Å². The maximum absolute atomic E-state index is 11.6. The molecule has 0 amide bonds. The lowest BCUT2D eigenvalue weighted by Gasteiger charge is -2.35. The summed E-state index contributed by atoms with van der Waals surface area (Å²) in [4.78, 5) is 0.362. The van der Waals surface area contributed by atoms with Crippen LogP contribution in [0.3, 0.4) is 0 Å². The van der Waals surface area contributed by atoms with Crippen LogP contribution in [0, 0.1) is 0 Å². The summed E-state index contributed by atoms with van der Waals surface area (Å²) in [6, 6.07) is 7.31. The average molecular weight is 255 g/mol. The zero-order valence-corrected chi connectivity index (χ0v) is 10.8. The molecule has 5 heteroatoms. The van der Waals surface area contributed by atoms with Gasteiger partial charge in [-0.1, -0.05) is 12.1 Å². The Morgan fingerprint density at radius 1 is 1.29 bits per heavy atom. The third-order valence-electron chi connectivity index (χ3n) is 3.07. The van der Waals surface area contributed by atoms with E-state index in [1.807, 2.05) is 6.07 Å². The minimum atomic E-state index is -3.18. The highest BCUT2D eigenvalue weighted by Gasteiger charge is 2.29. The van der Waals surface area contributed by atoms with Crippen molar-refractivity contribution in [2.75, 3.05) is 18.7 Å². The minimum absolute atomic E-state index is 0.304. The first-order valence-electron chi connectivity index (χ1n) is 5.59. The summed E-state index contributed by atoms with van der Waals surface area (Å²) in [6.45, 7) is 0. The fraction of sp³-hybridized carbons (Fsp3) is 0.500. The third-order valence-corrected chi connectivity index (χ3v) is 4.23. The molecule has 1 aromatic rings. The molecule has 1 fully saturated rings. The zero-order valence-electron chi connectivity index (χ0n) is 10.0. The van der Waals surface area contributed by atoms with Gasteiger partial charge in [-0.25, -0.2) is 8.42 Å². The van der Waals surface area contributed by atoms with Crippen LogP contribution in [0.1, 0.15) is 12.8 Å². The molecule has 1 N–H and O–H groups in total. The zero-order chi connectivity index (χ0) is 12.5. The Labute approximate surface area is 102 Å². The molecule has 0 saturated heterocycles. The van der Waals surface area contributed by atoms with E-state index in [-0.39, 0.29) is 0 Å². The second-order valence-corrected chi connectivity index (χ2v) is 6.42. The number of rotatable bonds is 4. The highest BCUT2D eigenvalue weighted by atomic mass is 32.2. The molecule has 0 spiro atoms. The van der Waals surface area contributed by atoms with Gasteiger partial charge in [-0.15, -0.1) is 0 Å². The topological polar surface area (TPSA) is 55.4 Å². The number of nitrogens with one attached hydrogen (secondary N) is 1. The standard InChI is InChI=1S/C12H17NO3S/c1-16-10-7-9(8-10)13-11-5-3-4-6-12(11)17(2,14)15/h3-6,9-10,13H,7-8H2,1-2H3. The Morgan fingerprint density at radius 2 is 1.94 bits per heavy atom. The first-order chi connectivity index (χ1) is 8.00. The predicted octanol–water partition coefficient (Wildman–Crippen LogP) is 1.68. The van der Waals surface area contributed by atoms with Crippen molar-refractivity contribution >= 4 is 15.5 Å². The van der Waals surface area contributed by atoms with E-state index in [0.29, 0.717) is 22.7 Å². The largest absolute Gasteiger partial charge is 0.381 e. The summed E-state index contributed by atoms with van der Waals surface area (Å²) in [5, 5.41) is 3.26. The van der Waals surface area contributed by atoms with Gasteiger partial charge in [-0.2, -0.15) is 0 Å². The number of benzene rings is 1. The molecule has 17 heavy (non-hydrogen) atoms. The van der Waals surface area contributed by atoms with Gasteiger partial charge in [-0.3, -0.25) is 0 Å². The molecule has 2 rings (SSSR count). The predicted molar refractivity (Wildman–Crippen MR) is 67.0 cm³/mol. The second-order valence-electron chi connectivity index (χ2n) is 4.44. The van der Waals surface area contributed by atoms with Crippen LogP contribution in [0.2, 0.25) is 0 Å². The Kier molecular flexibility index (Phi) is 3.40. The Hall–Kier alpha value is -1.07. The monoisotopic (exact) mass is 255 g/mol. The number of hydrogen-bond donors (Lipinski definition) is 1. The molecule has 0 unspecified atom stereocenters. The fourth-order valence-corrected chi connectivity index (χ4v) is 2.86. The van der Waals surface area contributed by atoms with Crippen LogP contribution >= 0.6 is 0 Å². The van der Waals surface area contributed by atoms with Gasteiger partial charge in [0.05, 0.1) is 16.7 Å². The van der Waals surface area contributed by atoms with Crippen molar-refractivity contribution in [2.45, 2.75) is 29.9 Å². The van der Waals surface area contributed by atoms with Crippen LogP contribution in [0.4, 0.5) is 5.69 Å². The molecule has 0 radical (unpaired) electrons. The number of anilines is 1. The molecule has 94 valence electrons. The summed E-state index contributed by atoms with van der Waals surface area (Å²) in [6.07, 6.45) is 3.38. The molecule has 1 saturated carbocycles. The maximum atomic E-state index is 11.6. The number of methoxy groups -OCH3 is 1. The lowest BCUT2D eigenvalue weighted by molar-refractivity contribution is 0.0328. The van der Waals surface area contributed by atoms with Crippen LogP contribution < -0.4 is 5.32 Å². The first-order valence-corrected chi connectivity index (χ1v) is 7.48. The van der Waals surface area contributed by atoms with Gasteiger partial charge in [0.25, 0.3) is 0 Å². The smallest absolute Gasteiger partial charge is 0.177 e. The second kappa shape index (κ2) is 4.66. The Morgan fingerprint density at radius 3 is 2.53 bits per heavy atom. The Balaban J connectivity index is 2.12. The van der Waals surface area contributed by atoms with E-state index in [1.54, 1.807) is 25.3 Å². The Bertz CT molecular complexity index is 492. The molecule has 0 atom stereocenters. The van der Waals surface area contributed by atoms with Gasteiger partial charge in [0, 0.05) is 19.4 Å². The quantitative estimate of drug-likeness (QED) is 0.889. The molecule has 0 bridgehead atoms. The molecular weight excluding hydrogens is 238 g/mol. The molecule has 0 aliphatic heterocycles. The summed E-state index contributed by atoms with van der Waals surface area (Å²) in [7, 11) is -1.48. The van der Waals surface area contributed by atoms with Gasteiger partial charge in [0.1, 0.15) is 0 Å². The minimum Gasteiger partial charge on any atom is -0.381 e. The molecule has 0 aromatic heterocycles. The first kappa shape index (κ1) is 12.4. The van der Waals surface area contributed by atoms with Crippen molar-refractivity contribution in [1.29, 1.82) is 0 Å². The lowest BCUT2D eigenvalue weighted by atomic mass is 9.89. The fourth-order valence-electron chi connectivity index (χ4n) is 2.01. The van der Waals surface area contributed by atoms with Gasteiger partial charge in [0.2, 0.25) is 0 Å². The highest BCUT2D eigenvalue weighted by Crippen LogP contribution is 2.29. The van der Waals surface area contributed by atoms with Gasteiger partial charge in [-0.05, 0) is 25.0 Å². The van der Waals surface area contributed by atoms with Crippen molar-refractivity contribution in [3.05, 3.63) is 24.3 Å². The van der Waals surface area contributed by atoms with E-state index >= 15 is 0 Å². The normalized spacial score (nSPS) is 24.1. The van der Waals surface area contributed by atoms with Crippen LogP contribution in [0.15, 0.2) is 29.2 Å². The van der Waals surface area contributed by atoms with Crippen molar-refractivity contribution in [3.63, 3.8) is 0 Å². The van der Waals surface area contributed by atoms with Gasteiger partial charge in [0.15, 0.2) is 9.84 Å². The van der Waals surface area contributed by atoms with E-state index in [4.69, 9.17) is 4.74 Å². The summed E-state index contributed by atoms with van der Waals surface area (Å²) in [5.41, 5.74) is 0.689. The number of ether oxygens (including phenoxy) is 1. The van der Waals surface area contributed by atoms with Crippen molar-refractivity contribution in [1.82, 2.24) is 0 Å². The van der Waals surface area contributed by atoms with E-state index in [2.05, 4.69) is 5.32 Å². The lowest BCUT2D eigenvalue weighted by Crippen LogP contribution is -2.40. The van der Waals surface area contributed by atoms with E-state index in [0.717, 1.165) is 12.8 Å². The van der Waals surface area contributed by atoms with Gasteiger partial charge >= 0.3 is 0 Å². The van der Waals surface area contributed by atoms with Crippen molar-refractivity contribution in [2.24, 2.45) is 0 Å². The van der Waals surface area contributed by atoms with E-state index in [9.17, 15) is 8.42 Å². The van der Waals surface area contributed by atoms with Gasteiger partial charge < -0.3 is 10.1 Å². The summed E-state index contributed by atoms with van der Waals surface area (Å²) >= 11 is 0. The third kappa shape index (κ3) is 2.79. The molecule has 0 heterocycles. The SMILES string of the molecule is COC1CC(Nc2ccccc2S(C)(=O)=O)C1. The van der Waals surface area contributed by atoms with E-state index < -0.39 is 9.84 Å². The number of sulfone groups is 1. The van der Waals surface area contributed by atoms with Crippen molar-refractivity contribution in [3.8, 4) is 0 Å². The summed E-state index contributed by atoms with van der Waals surface area (Å²) < 4.78 is 28.4. The van der Waals surface area contributed by atoms with Crippen LogP contribution in [0.25, 0.3) is 0 Å². The molecule has 1 aliphatic carbocycles. The molecule has 1 aromatic carbocycles. The maximum Gasteiger partial charge on any atom is 0.177 e. The van der Waals surface area contributed by atoms with Crippen LogP contribution in [-0.4, -0.2) is 33.9 Å². The van der Waals surface area contributed by atoms with Crippen LogP contribution in [0.5, 0.6) is 0 Å². The molecule has 1 aliphatic rings. The highest BCUT2D eigenvalue weighted by molar-refractivity contribution is 7.90. The number of para-hydroxylation sites is 1. The average Bonchev–Trinajstić information content (AvgIpc) is 2.22. The van der Waals surface area contributed by atoms with Crippen molar-refractivity contribution < 1.29 is 13.2 Å². The molecular formula is C12H17NO3S. The van der Waals surface area contributed by atoms with Crippen LogP contribution in [-0.2, 0) is 14.6 Å². The molecule has 4 nitrogen and oxygen atoms in total. The summed E-state index contributed by atoms with van der Waals surface area (Å²) in [5.74, 6) is 0.